The summed E-state index contributed by atoms with van der Waals surface area (Å²) in [5.74, 6) is -0.0598. The van der Waals surface area contributed by atoms with Gasteiger partial charge >= 0.3 is 5.97 Å². The van der Waals surface area contributed by atoms with Gasteiger partial charge in [0.2, 0.25) is 5.91 Å². The van der Waals surface area contributed by atoms with Crippen LogP contribution < -0.4 is 10.1 Å². The highest BCUT2D eigenvalue weighted by atomic mass is 32.1. The third-order valence-corrected chi connectivity index (χ3v) is 5.41. The Hall–Kier alpha value is -3.98. The maximum atomic E-state index is 12.3. The highest BCUT2D eigenvalue weighted by Crippen LogP contribution is 2.23. The van der Waals surface area contributed by atoms with Crippen LogP contribution in [-0.2, 0) is 22.6 Å². The summed E-state index contributed by atoms with van der Waals surface area (Å²) in [6.07, 6.45) is 3.63. The van der Waals surface area contributed by atoms with Gasteiger partial charge in [-0.15, -0.1) is 11.3 Å². The minimum Gasteiger partial charge on any atom is -0.495 e. The first-order valence-corrected chi connectivity index (χ1v) is 10.6. The number of methoxy groups -OCH3 is 1. The van der Waals surface area contributed by atoms with Gasteiger partial charge in [0.05, 0.1) is 36.2 Å². The van der Waals surface area contributed by atoms with E-state index in [-0.39, 0.29) is 18.9 Å². The number of thiazole rings is 1. The predicted octanol–water partition coefficient (Wildman–Crippen LogP) is 3.88. The first kappa shape index (κ1) is 21.3. The topological polar surface area (TPSA) is 95.3 Å². The minimum atomic E-state index is -0.444. The molecule has 0 aliphatic rings. The molecule has 32 heavy (non-hydrogen) atoms. The summed E-state index contributed by atoms with van der Waals surface area (Å²) in [4.78, 5) is 29.0. The molecule has 2 aromatic carbocycles. The lowest BCUT2D eigenvalue weighted by Gasteiger charge is -2.08. The molecule has 2 heterocycles. The lowest BCUT2D eigenvalue weighted by Crippen LogP contribution is -2.15. The summed E-state index contributed by atoms with van der Waals surface area (Å²) in [5.41, 5.74) is 2.48. The Kier molecular flexibility index (Phi) is 6.57. The summed E-state index contributed by atoms with van der Waals surface area (Å²) in [5, 5.41) is 9.38. The Morgan fingerprint density at radius 3 is 2.66 bits per heavy atom. The van der Waals surface area contributed by atoms with Crippen molar-refractivity contribution in [1.29, 1.82) is 0 Å². The van der Waals surface area contributed by atoms with Crippen molar-refractivity contribution in [3.05, 3.63) is 88.6 Å². The van der Waals surface area contributed by atoms with Crippen LogP contribution in [0.4, 0.5) is 5.69 Å². The second kappa shape index (κ2) is 9.88. The van der Waals surface area contributed by atoms with E-state index in [4.69, 9.17) is 9.47 Å². The van der Waals surface area contributed by atoms with Crippen LogP contribution >= 0.6 is 11.3 Å². The molecule has 0 saturated carbocycles. The number of hydrogen-bond acceptors (Lipinski definition) is 7. The van der Waals surface area contributed by atoms with E-state index in [1.54, 1.807) is 59.8 Å². The number of hydrogen-bond donors (Lipinski definition) is 1. The van der Waals surface area contributed by atoms with Gasteiger partial charge in [-0.2, -0.15) is 5.10 Å². The number of anilines is 1. The molecule has 0 atom stereocenters. The fraction of sp³-hybridized carbons (Fsp3) is 0.130. The van der Waals surface area contributed by atoms with Crippen LogP contribution in [0.1, 0.15) is 21.1 Å². The molecule has 0 radical (unpaired) electrons. The normalized spacial score (nSPS) is 10.5. The van der Waals surface area contributed by atoms with Gasteiger partial charge in [-0.25, -0.2) is 14.5 Å². The molecule has 4 rings (SSSR count). The number of amides is 1. The number of nitrogens with one attached hydrogen (secondary N) is 1. The number of ether oxygens (including phenoxy) is 2. The smallest absolute Gasteiger partial charge is 0.338 e. The zero-order chi connectivity index (χ0) is 22.3. The molecule has 0 unspecified atom stereocenters. The lowest BCUT2D eigenvalue weighted by molar-refractivity contribution is -0.115. The van der Waals surface area contributed by atoms with Crippen LogP contribution in [0.15, 0.2) is 72.4 Å². The first-order valence-electron chi connectivity index (χ1n) is 9.76. The van der Waals surface area contributed by atoms with Crippen molar-refractivity contribution in [2.45, 2.75) is 13.0 Å². The third-order valence-electron chi connectivity index (χ3n) is 4.52. The first-order chi connectivity index (χ1) is 15.6. The monoisotopic (exact) mass is 448 g/mol. The van der Waals surface area contributed by atoms with E-state index in [1.807, 2.05) is 24.4 Å². The summed E-state index contributed by atoms with van der Waals surface area (Å²) >= 11 is 1.34. The number of carbonyl (C=O) groups is 2. The van der Waals surface area contributed by atoms with E-state index in [2.05, 4.69) is 15.4 Å². The Balaban J connectivity index is 1.29. The summed E-state index contributed by atoms with van der Waals surface area (Å²) in [7, 11) is 1.55. The minimum absolute atomic E-state index is 0.0321. The quantitative estimate of drug-likeness (QED) is 0.411. The molecule has 1 amide bonds. The van der Waals surface area contributed by atoms with E-state index in [0.717, 1.165) is 5.69 Å². The summed E-state index contributed by atoms with van der Waals surface area (Å²) in [6, 6.07) is 16.0. The summed E-state index contributed by atoms with van der Waals surface area (Å²) in [6.45, 7) is 0.0321. The Labute approximate surface area is 188 Å². The molecular formula is C23H20N4O4S. The second-order valence-corrected chi connectivity index (χ2v) is 7.67. The van der Waals surface area contributed by atoms with Gasteiger partial charge in [-0.05, 0) is 42.5 Å². The van der Waals surface area contributed by atoms with Crippen molar-refractivity contribution in [2.75, 3.05) is 12.4 Å². The van der Waals surface area contributed by atoms with Gasteiger partial charge in [0.15, 0.2) is 0 Å². The average molecular weight is 449 g/mol. The maximum absolute atomic E-state index is 12.3. The van der Waals surface area contributed by atoms with Gasteiger partial charge in [0.1, 0.15) is 17.4 Å². The van der Waals surface area contributed by atoms with E-state index in [0.29, 0.717) is 27.7 Å². The highest BCUT2D eigenvalue weighted by Gasteiger charge is 2.13. The van der Waals surface area contributed by atoms with Crippen molar-refractivity contribution in [3.8, 4) is 11.4 Å². The van der Waals surface area contributed by atoms with Crippen LogP contribution in [-0.4, -0.2) is 33.8 Å². The van der Waals surface area contributed by atoms with Gasteiger partial charge < -0.3 is 14.8 Å². The number of nitrogens with zero attached hydrogens (tertiary/aromatic N) is 3. The molecule has 0 saturated heterocycles. The van der Waals surface area contributed by atoms with Crippen LogP contribution in [0.3, 0.4) is 0 Å². The SMILES string of the molecule is COc1ccccc1NC(=O)Cc1nc(COC(=O)c2ccc(-n3cccn3)cc2)cs1. The maximum Gasteiger partial charge on any atom is 0.338 e. The van der Waals surface area contributed by atoms with E-state index in [1.165, 1.54) is 11.3 Å². The van der Waals surface area contributed by atoms with Crippen molar-refractivity contribution >= 4 is 28.9 Å². The number of benzene rings is 2. The van der Waals surface area contributed by atoms with Crippen LogP contribution in [0, 0.1) is 0 Å². The molecule has 4 aromatic rings. The summed E-state index contributed by atoms with van der Waals surface area (Å²) < 4.78 is 12.3. The van der Waals surface area contributed by atoms with Crippen molar-refractivity contribution in [3.63, 3.8) is 0 Å². The highest BCUT2D eigenvalue weighted by molar-refractivity contribution is 7.09. The van der Waals surface area contributed by atoms with Gasteiger partial charge in [-0.1, -0.05) is 12.1 Å². The molecule has 8 nitrogen and oxygen atoms in total. The van der Waals surface area contributed by atoms with Crippen molar-refractivity contribution in [1.82, 2.24) is 14.8 Å². The number of esters is 1. The molecular weight excluding hydrogens is 428 g/mol. The van der Waals surface area contributed by atoms with E-state index < -0.39 is 5.97 Å². The molecule has 0 bridgehead atoms. The zero-order valence-electron chi connectivity index (χ0n) is 17.2. The van der Waals surface area contributed by atoms with E-state index in [9.17, 15) is 9.59 Å². The molecule has 0 aliphatic heterocycles. The molecule has 2 aromatic heterocycles. The fourth-order valence-electron chi connectivity index (χ4n) is 2.97. The van der Waals surface area contributed by atoms with Gasteiger partial charge in [0.25, 0.3) is 0 Å². The number of carbonyl (C=O) groups excluding carboxylic acids is 2. The molecule has 0 spiro atoms. The standard InChI is InChI=1S/C23H20N4O4S/c1-30-20-6-3-2-5-19(20)26-21(28)13-22-25-17(15-32-22)14-31-23(29)16-7-9-18(10-8-16)27-12-4-11-24-27/h2-12,15H,13-14H2,1H3,(H,26,28). The van der Waals surface area contributed by atoms with Crippen LogP contribution in [0.2, 0.25) is 0 Å². The lowest BCUT2D eigenvalue weighted by atomic mass is 10.2. The molecule has 0 fully saturated rings. The van der Waals surface area contributed by atoms with Gasteiger partial charge in [0, 0.05) is 17.8 Å². The predicted molar refractivity (Wildman–Crippen MR) is 120 cm³/mol. The van der Waals surface area contributed by atoms with Crippen molar-refractivity contribution < 1.29 is 19.1 Å². The molecule has 9 heteroatoms. The number of para-hydroxylation sites is 2. The van der Waals surface area contributed by atoms with Crippen LogP contribution in [0.5, 0.6) is 5.75 Å². The van der Waals surface area contributed by atoms with Crippen LogP contribution in [0.25, 0.3) is 5.69 Å². The Bertz CT molecular complexity index is 1200. The molecule has 162 valence electrons. The molecule has 1 N–H and O–H groups in total. The average Bonchev–Trinajstić information content (AvgIpc) is 3.50. The number of rotatable bonds is 8. The molecule has 0 aliphatic carbocycles. The third kappa shape index (κ3) is 5.19. The largest absolute Gasteiger partial charge is 0.495 e. The second-order valence-electron chi connectivity index (χ2n) is 6.73. The number of aromatic nitrogens is 3. The Morgan fingerprint density at radius 2 is 1.91 bits per heavy atom. The Morgan fingerprint density at radius 1 is 1.09 bits per heavy atom. The zero-order valence-corrected chi connectivity index (χ0v) is 18.0. The fourth-order valence-corrected chi connectivity index (χ4v) is 3.75. The van der Waals surface area contributed by atoms with Gasteiger partial charge in [-0.3, -0.25) is 4.79 Å². The van der Waals surface area contributed by atoms with Crippen molar-refractivity contribution in [2.24, 2.45) is 0 Å². The van der Waals surface area contributed by atoms with E-state index >= 15 is 0 Å².